The van der Waals surface area contributed by atoms with Crippen LogP contribution in [0.3, 0.4) is 0 Å². The maximum absolute atomic E-state index is 11.7. The van der Waals surface area contributed by atoms with Crippen LogP contribution in [0.1, 0.15) is 10.5 Å². The molecular weight excluding hydrogens is 232 g/mol. The summed E-state index contributed by atoms with van der Waals surface area (Å²) in [4.78, 5) is 23.1. The van der Waals surface area contributed by atoms with Gasteiger partial charge in [0.2, 0.25) is 5.95 Å². The van der Waals surface area contributed by atoms with E-state index in [-0.39, 0.29) is 10.8 Å². The first-order chi connectivity index (χ1) is 7.66. The minimum absolute atomic E-state index is 0.121. The van der Waals surface area contributed by atoms with Crippen molar-refractivity contribution in [1.29, 1.82) is 0 Å². The fourth-order valence-corrected chi connectivity index (χ4v) is 1.17. The second-order valence-corrected chi connectivity index (χ2v) is 3.28. The molecule has 2 heterocycles. The first kappa shape index (κ1) is 10.5. The Hall–Kier alpha value is -2.02. The summed E-state index contributed by atoms with van der Waals surface area (Å²) < 4.78 is 1.43. The van der Waals surface area contributed by atoms with Gasteiger partial charge in [0, 0.05) is 7.05 Å². The highest BCUT2D eigenvalue weighted by atomic mass is 35.5. The third-order valence-electron chi connectivity index (χ3n) is 1.77. The van der Waals surface area contributed by atoms with Crippen LogP contribution in [0.15, 0.2) is 18.7 Å². The van der Waals surface area contributed by atoms with Gasteiger partial charge in [0.15, 0.2) is 0 Å². The van der Waals surface area contributed by atoms with E-state index in [1.54, 1.807) is 7.05 Å². The zero-order valence-electron chi connectivity index (χ0n) is 8.25. The number of carbonyl (C=O) groups is 1. The summed E-state index contributed by atoms with van der Waals surface area (Å²) >= 11 is 5.62. The Balaban J connectivity index is 2.18. The molecule has 0 aliphatic rings. The molecule has 16 heavy (non-hydrogen) atoms. The van der Waals surface area contributed by atoms with Crippen molar-refractivity contribution in [1.82, 2.24) is 24.7 Å². The van der Waals surface area contributed by atoms with Crippen LogP contribution < -0.4 is 5.32 Å². The Kier molecular flexibility index (Phi) is 2.78. The SMILES string of the molecule is Cn1ncnc1NC(=O)c1cncc(Cl)n1. The number of hydrogen-bond acceptors (Lipinski definition) is 5. The lowest BCUT2D eigenvalue weighted by Gasteiger charge is -2.02. The van der Waals surface area contributed by atoms with Crippen molar-refractivity contribution < 1.29 is 4.79 Å². The first-order valence-electron chi connectivity index (χ1n) is 4.29. The van der Waals surface area contributed by atoms with Crippen molar-refractivity contribution in [2.75, 3.05) is 5.32 Å². The quantitative estimate of drug-likeness (QED) is 0.824. The highest BCUT2D eigenvalue weighted by Crippen LogP contribution is 2.05. The van der Waals surface area contributed by atoms with Gasteiger partial charge in [-0.05, 0) is 0 Å². The van der Waals surface area contributed by atoms with E-state index in [0.29, 0.717) is 5.95 Å². The lowest BCUT2D eigenvalue weighted by atomic mass is 10.4. The minimum atomic E-state index is -0.439. The number of amides is 1. The van der Waals surface area contributed by atoms with Gasteiger partial charge in [-0.25, -0.2) is 9.67 Å². The molecule has 0 spiro atoms. The van der Waals surface area contributed by atoms with E-state index >= 15 is 0 Å². The number of rotatable bonds is 2. The van der Waals surface area contributed by atoms with E-state index in [2.05, 4.69) is 25.4 Å². The molecule has 0 aromatic carbocycles. The van der Waals surface area contributed by atoms with Crippen LogP contribution >= 0.6 is 11.6 Å². The van der Waals surface area contributed by atoms with E-state index in [1.165, 1.54) is 23.4 Å². The van der Waals surface area contributed by atoms with Crippen molar-refractivity contribution in [3.63, 3.8) is 0 Å². The molecule has 0 radical (unpaired) electrons. The van der Waals surface area contributed by atoms with E-state index in [9.17, 15) is 4.79 Å². The first-order valence-corrected chi connectivity index (χ1v) is 4.67. The Morgan fingerprint density at radius 2 is 2.31 bits per heavy atom. The van der Waals surface area contributed by atoms with Crippen molar-refractivity contribution in [3.8, 4) is 0 Å². The summed E-state index contributed by atoms with van der Waals surface area (Å²) in [6.45, 7) is 0. The molecule has 2 rings (SSSR count). The fraction of sp³-hybridized carbons (Fsp3) is 0.125. The molecule has 1 N–H and O–H groups in total. The Labute approximate surface area is 95.5 Å². The number of halogens is 1. The predicted octanol–water partition coefficient (Wildman–Crippen LogP) is 0.511. The third-order valence-corrected chi connectivity index (χ3v) is 1.96. The van der Waals surface area contributed by atoms with Gasteiger partial charge in [-0.15, -0.1) is 0 Å². The van der Waals surface area contributed by atoms with Crippen LogP contribution in [0, 0.1) is 0 Å². The minimum Gasteiger partial charge on any atom is -0.289 e. The molecule has 2 aromatic rings. The van der Waals surface area contributed by atoms with Gasteiger partial charge in [0.05, 0.1) is 12.4 Å². The molecule has 2 aromatic heterocycles. The normalized spacial score (nSPS) is 10.1. The number of aryl methyl sites for hydroxylation is 1. The van der Waals surface area contributed by atoms with Crippen LogP contribution in [-0.4, -0.2) is 30.6 Å². The Morgan fingerprint density at radius 1 is 1.50 bits per heavy atom. The molecule has 7 nitrogen and oxygen atoms in total. The molecule has 0 unspecified atom stereocenters. The number of hydrogen-bond donors (Lipinski definition) is 1. The number of carbonyl (C=O) groups excluding carboxylic acids is 1. The summed E-state index contributed by atoms with van der Waals surface area (Å²) in [5, 5.41) is 6.49. The second kappa shape index (κ2) is 4.23. The molecule has 0 aliphatic carbocycles. The van der Waals surface area contributed by atoms with E-state index in [4.69, 9.17) is 11.6 Å². The zero-order chi connectivity index (χ0) is 11.5. The Bertz CT molecular complexity index is 525. The van der Waals surface area contributed by atoms with Crippen molar-refractivity contribution in [2.45, 2.75) is 0 Å². The van der Waals surface area contributed by atoms with Crippen LogP contribution in [0.2, 0.25) is 5.15 Å². The molecule has 0 saturated heterocycles. The smallest absolute Gasteiger partial charge is 0.278 e. The van der Waals surface area contributed by atoms with Gasteiger partial charge in [-0.3, -0.25) is 15.1 Å². The number of nitrogens with one attached hydrogen (secondary N) is 1. The Morgan fingerprint density at radius 3 is 2.94 bits per heavy atom. The zero-order valence-corrected chi connectivity index (χ0v) is 9.01. The summed E-state index contributed by atoms with van der Waals surface area (Å²) in [7, 11) is 1.66. The molecule has 0 fully saturated rings. The van der Waals surface area contributed by atoms with Crippen molar-refractivity contribution in [2.24, 2.45) is 7.05 Å². The van der Waals surface area contributed by atoms with E-state index in [0.717, 1.165) is 0 Å². The molecule has 8 heteroatoms. The van der Waals surface area contributed by atoms with Gasteiger partial charge < -0.3 is 0 Å². The van der Waals surface area contributed by atoms with Gasteiger partial charge in [0.25, 0.3) is 5.91 Å². The fourth-order valence-electron chi connectivity index (χ4n) is 1.03. The van der Waals surface area contributed by atoms with Crippen LogP contribution in [0.5, 0.6) is 0 Å². The van der Waals surface area contributed by atoms with Gasteiger partial charge in [0.1, 0.15) is 17.2 Å². The summed E-state index contributed by atoms with van der Waals surface area (Å²) in [5.41, 5.74) is 0.121. The molecule has 0 bridgehead atoms. The molecule has 1 amide bonds. The number of aromatic nitrogens is 5. The summed E-state index contributed by atoms with van der Waals surface area (Å²) in [6, 6.07) is 0. The summed E-state index contributed by atoms with van der Waals surface area (Å²) in [5.74, 6) is -0.113. The van der Waals surface area contributed by atoms with Gasteiger partial charge >= 0.3 is 0 Å². The average Bonchev–Trinajstić information content (AvgIpc) is 2.64. The van der Waals surface area contributed by atoms with Crippen molar-refractivity contribution in [3.05, 3.63) is 29.6 Å². The van der Waals surface area contributed by atoms with E-state index in [1.807, 2.05) is 0 Å². The largest absolute Gasteiger partial charge is 0.289 e. The van der Waals surface area contributed by atoms with Gasteiger partial charge in [-0.1, -0.05) is 11.6 Å². The second-order valence-electron chi connectivity index (χ2n) is 2.89. The molecule has 0 aliphatic heterocycles. The highest BCUT2D eigenvalue weighted by molar-refractivity contribution is 6.29. The molecule has 0 atom stereocenters. The maximum Gasteiger partial charge on any atom is 0.278 e. The monoisotopic (exact) mass is 238 g/mol. The average molecular weight is 239 g/mol. The summed E-state index contributed by atoms with van der Waals surface area (Å²) in [6.07, 6.45) is 4.00. The topological polar surface area (TPSA) is 85.6 Å². The standard InChI is InChI=1S/C8H7ClN6O/c1-15-8(11-4-12-15)14-7(16)5-2-10-3-6(9)13-5/h2-4H,1H3,(H,11,12,14,16). The van der Waals surface area contributed by atoms with Crippen LogP contribution in [-0.2, 0) is 7.05 Å². The third kappa shape index (κ3) is 2.14. The maximum atomic E-state index is 11.7. The lowest BCUT2D eigenvalue weighted by Crippen LogP contribution is -2.17. The number of anilines is 1. The number of nitrogens with zero attached hydrogens (tertiary/aromatic N) is 5. The van der Waals surface area contributed by atoms with Gasteiger partial charge in [-0.2, -0.15) is 10.1 Å². The van der Waals surface area contributed by atoms with Crippen LogP contribution in [0.4, 0.5) is 5.95 Å². The van der Waals surface area contributed by atoms with Crippen LogP contribution in [0.25, 0.3) is 0 Å². The molecule has 0 saturated carbocycles. The predicted molar refractivity (Wildman–Crippen MR) is 56.0 cm³/mol. The molecule has 82 valence electrons. The molecular formula is C8H7ClN6O. The van der Waals surface area contributed by atoms with E-state index < -0.39 is 5.91 Å². The highest BCUT2D eigenvalue weighted by Gasteiger charge is 2.11. The van der Waals surface area contributed by atoms with Crippen molar-refractivity contribution >= 4 is 23.5 Å². The lowest BCUT2D eigenvalue weighted by molar-refractivity contribution is 0.102.